The summed E-state index contributed by atoms with van der Waals surface area (Å²) in [5, 5.41) is 8.44. The molecule has 0 aliphatic carbocycles. The fourth-order valence-electron chi connectivity index (χ4n) is 2.50. The second kappa shape index (κ2) is 8.90. The van der Waals surface area contributed by atoms with Gasteiger partial charge < -0.3 is 16.0 Å². The number of sulfone groups is 1. The molecule has 0 aromatic heterocycles. The van der Waals surface area contributed by atoms with Gasteiger partial charge in [0.2, 0.25) is 5.91 Å². The molecule has 3 N–H and O–H groups in total. The van der Waals surface area contributed by atoms with Gasteiger partial charge in [0.1, 0.15) is 0 Å². The number of alkyl halides is 3. The van der Waals surface area contributed by atoms with Crippen LogP contribution in [0.4, 0.5) is 5.69 Å². The number of carbonyl (C=O) groups is 2. The standard InChI is InChI=1S/C14H14Cl5N3O4S/c15-7-1-8(16)3-9(2-7)21-12(23)4-20-10-5-27(25,26)6-11(10)22-13(24)14(17,18)19/h1-3,10-11,20H,4-6H2,(H,21,23)(H,22,24). The maximum atomic E-state index is 12.1. The summed E-state index contributed by atoms with van der Waals surface area (Å²) in [4.78, 5) is 23.9. The van der Waals surface area contributed by atoms with Crippen LogP contribution in [-0.2, 0) is 19.4 Å². The smallest absolute Gasteiger partial charge is 0.272 e. The molecule has 2 rings (SSSR count). The molecule has 1 aliphatic heterocycles. The highest BCUT2D eigenvalue weighted by Gasteiger charge is 2.41. The van der Waals surface area contributed by atoms with Crippen molar-refractivity contribution in [2.75, 3.05) is 23.4 Å². The summed E-state index contributed by atoms with van der Waals surface area (Å²) in [7, 11) is -3.43. The molecule has 1 heterocycles. The minimum atomic E-state index is -3.43. The first-order valence-corrected chi connectivity index (χ1v) is 11.1. The Kier molecular flexibility index (Phi) is 7.52. The summed E-state index contributed by atoms with van der Waals surface area (Å²) in [6.45, 7) is -0.218. The molecule has 27 heavy (non-hydrogen) atoms. The Balaban J connectivity index is 1.97. The van der Waals surface area contributed by atoms with Crippen molar-refractivity contribution in [3.63, 3.8) is 0 Å². The third-order valence-electron chi connectivity index (χ3n) is 3.60. The van der Waals surface area contributed by atoms with Crippen LogP contribution in [0.2, 0.25) is 10.0 Å². The number of hydrogen-bond acceptors (Lipinski definition) is 5. The van der Waals surface area contributed by atoms with E-state index in [2.05, 4.69) is 16.0 Å². The number of nitrogens with one attached hydrogen (secondary N) is 3. The number of anilines is 1. The number of hydrogen-bond donors (Lipinski definition) is 3. The van der Waals surface area contributed by atoms with Gasteiger partial charge in [0.25, 0.3) is 9.70 Å². The molecular formula is C14H14Cl5N3O4S. The van der Waals surface area contributed by atoms with Gasteiger partial charge in [-0.05, 0) is 18.2 Å². The van der Waals surface area contributed by atoms with Crippen LogP contribution < -0.4 is 16.0 Å². The molecule has 2 unspecified atom stereocenters. The van der Waals surface area contributed by atoms with Crippen LogP contribution in [0.1, 0.15) is 0 Å². The Morgan fingerprint density at radius 3 is 2.15 bits per heavy atom. The summed E-state index contributed by atoms with van der Waals surface area (Å²) in [5.74, 6) is -2.00. The van der Waals surface area contributed by atoms with E-state index in [-0.39, 0.29) is 18.1 Å². The number of carbonyl (C=O) groups excluding carboxylic acids is 2. The van der Waals surface area contributed by atoms with E-state index in [1.54, 1.807) is 0 Å². The lowest BCUT2D eigenvalue weighted by Crippen LogP contribution is -2.53. The van der Waals surface area contributed by atoms with Gasteiger partial charge in [-0.3, -0.25) is 9.59 Å². The third kappa shape index (κ3) is 7.12. The van der Waals surface area contributed by atoms with Crippen LogP contribution in [0.15, 0.2) is 18.2 Å². The van der Waals surface area contributed by atoms with Crippen molar-refractivity contribution in [1.29, 1.82) is 0 Å². The maximum Gasteiger partial charge on any atom is 0.272 e. The fourth-order valence-corrected chi connectivity index (χ4v) is 5.08. The molecule has 1 fully saturated rings. The van der Waals surface area contributed by atoms with Gasteiger partial charge in [-0.25, -0.2) is 8.42 Å². The van der Waals surface area contributed by atoms with Crippen LogP contribution in [0.5, 0.6) is 0 Å². The fraction of sp³-hybridized carbons (Fsp3) is 0.429. The van der Waals surface area contributed by atoms with Crippen molar-refractivity contribution in [3.8, 4) is 0 Å². The van der Waals surface area contributed by atoms with Crippen LogP contribution >= 0.6 is 58.0 Å². The number of amides is 2. The molecule has 0 spiro atoms. The summed E-state index contributed by atoms with van der Waals surface area (Å²) >= 11 is 28.2. The Labute approximate surface area is 180 Å². The Morgan fingerprint density at radius 2 is 1.59 bits per heavy atom. The summed E-state index contributed by atoms with van der Waals surface area (Å²) in [6, 6.07) is 2.97. The van der Waals surface area contributed by atoms with E-state index in [0.29, 0.717) is 15.7 Å². The van der Waals surface area contributed by atoms with E-state index in [1.165, 1.54) is 18.2 Å². The first-order chi connectivity index (χ1) is 12.4. The monoisotopic (exact) mass is 495 g/mol. The number of rotatable bonds is 5. The zero-order chi connectivity index (χ0) is 20.4. The lowest BCUT2D eigenvalue weighted by Gasteiger charge is -2.22. The van der Waals surface area contributed by atoms with Gasteiger partial charge in [0, 0.05) is 21.8 Å². The van der Waals surface area contributed by atoms with Crippen molar-refractivity contribution in [2.45, 2.75) is 15.9 Å². The third-order valence-corrected chi connectivity index (χ3v) is 6.28. The summed E-state index contributed by atoms with van der Waals surface area (Å²) in [6.07, 6.45) is 0. The molecule has 0 bridgehead atoms. The van der Waals surface area contributed by atoms with Crippen LogP contribution in [0.25, 0.3) is 0 Å². The van der Waals surface area contributed by atoms with E-state index in [1.807, 2.05) is 0 Å². The predicted octanol–water partition coefficient (Wildman–Crippen LogP) is 2.17. The minimum Gasteiger partial charge on any atom is -0.347 e. The highest BCUT2D eigenvalue weighted by atomic mass is 35.6. The largest absolute Gasteiger partial charge is 0.347 e. The normalized spacial score (nSPS) is 21.7. The topological polar surface area (TPSA) is 104 Å². The van der Waals surface area contributed by atoms with Crippen molar-refractivity contribution >= 4 is 85.3 Å². The lowest BCUT2D eigenvalue weighted by atomic mass is 10.1. The van der Waals surface area contributed by atoms with Gasteiger partial charge in [-0.1, -0.05) is 58.0 Å². The molecule has 1 aromatic rings. The molecule has 2 atom stereocenters. The second-order valence-corrected chi connectivity index (χ2v) is 11.2. The molecule has 150 valence electrons. The second-order valence-electron chi connectivity index (χ2n) is 5.85. The van der Waals surface area contributed by atoms with E-state index in [0.717, 1.165) is 0 Å². The van der Waals surface area contributed by atoms with E-state index >= 15 is 0 Å². The molecule has 1 aromatic carbocycles. The highest BCUT2D eigenvalue weighted by Crippen LogP contribution is 2.27. The van der Waals surface area contributed by atoms with Crippen LogP contribution in [0, 0.1) is 0 Å². The predicted molar refractivity (Wildman–Crippen MR) is 108 cm³/mol. The van der Waals surface area contributed by atoms with Crippen LogP contribution in [0.3, 0.4) is 0 Å². The lowest BCUT2D eigenvalue weighted by molar-refractivity contribution is -0.120. The first kappa shape index (κ1) is 22.8. The molecule has 0 radical (unpaired) electrons. The molecule has 7 nitrogen and oxygen atoms in total. The summed E-state index contributed by atoms with van der Waals surface area (Å²) in [5.41, 5.74) is 0.388. The van der Waals surface area contributed by atoms with E-state index in [9.17, 15) is 18.0 Å². The SMILES string of the molecule is O=C(CNC1CS(=O)(=O)CC1NC(=O)C(Cl)(Cl)Cl)Nc1cc(Cl)cc(Cl)c1. The molecule has 1 aliphatic rings. The maximum absolute atomic E-state index is 12.1. The number of benzene rings is 1. The Hall–Kier alpha value is -0.480. The summed E-state index contributed by atoms with van der Waals surface area (Å²) < 4.78 is 21.5. The van der Waals surface area contributed by atoms with Crippen LogP contribution in [-0.4, -0.2) is 54.2 Å². The van der Waals surface area contributed by atoms with Crippen molar-refractivity contribution < 1.29 is 18.0 Å². The Bertz CT molecular complexity index is 823. The van der Waals surface area contributed by atoms with Gasteiger partial charge in [-0.15, -0.1) is 0 Å². The molecule has 2 amide bonds. The van der Waals surface area contributed by atoms with Crippen molar-refractivity contribution in [3.05, 3.63) is 28.2 Å². The molecule has 13 heteroatoms. The average molecular weight is 498 g/mol. The molecule has 0 saturated carbocycles. The number of halogens is 5. The van der Waals surface area contributed by atoms with E-state index < -0.39 is 37.5 Å². The first-order valence-electron chi connectivity index (χ1n) is 7.43. The Morgan fingerprint density at radius 1 is 1.04 bits per heavy atom. The van der Waals surface area contributed by atoms with Gasteiger partial charge in [-0.2, -0.15) is 0 Å². The minimum absolute atomic E-state index is 0.218. The average Bonchev–Trinajstić information content (AvgIpc) is 2.77. The van der Waals surface area contributed by atoms with Crippen molar-refractivity contribution in [2.24, 2.45) is 0 Å². The molecular weight excluding hydrogens is 484 g/mol. The molecule has 1 saturated heterocycles. The van der Waals surface area contributed by atoms with Gasteiger partial charge in [0.15, 0.2) is 9.84 Å². The zero-order valence-electron chi connectivity index (χ0n) is 13.4. The quantitative estimate of drug-likeness (QED) is 0.541. The van der Waals surface area contributed by atoms with Crippen molar-refractivity contribution in [1.82, 2.24) is 10.6 Å². The van der Waals surface area contributed by atoms with Gasteiger partial charge >= 0.3 is 0 Å². The van der Waals surface area contributed by atoms with E-state index in [4.69, 9.17) is 58.0 Å². The van der Waals surface area contributed by atoms with Gasteiger partial charge in [0.05, 0.1) is 24.1 Å². The zero-order valence-corrected chi connectivity index (χ0v) is 18.0. The highest BCUT2D eigenvalue weighted by molar-refractivity contribution is 7.91.